The molecule has 0 fully saturated rings. The fraction of sp³-hybridized carbons (Fsp3) is 0.529. The van der Waals surface area contributed by atoms with Gasteiger partial charge in [-0.3, -0.25) is 4.79 Å². The maximum absolute atomic E-state index is 12.1. The number of hydrogen-bond donors (Lipinski definition) is 5. The lowest BCUT2D eigenvalue weighted by molar-refractivity contribution is -0.131. The van der Waals surface area contributed by atoms with E-state index in [9.17, 15) is 14.7 Å². The van der Waals surface area contributed by atoms with Crippen molar-refractivity contribution in [3.8, 4) is 0 Å². The number of amides is 3. The summed E-state index contributed by atoms with van der Waals surface area (Å²) in [6, 6.07) is 8.47. The SMILES string of the molecule is CNC(=O)NCCCC[C@H](N)[C@H](O)C(=O)N[C@H](C)c1ccccc1.Cl. The highest BCUT2D eigenvalue weighted by Crippen LogP contribution is 2.12. The molecule has 0 aromatic heterocycles. The van der Waals surface area contributed by atoms with E-state index in [0.717, 1.165) is 12.0 Å². The molecule has 25 heavy (non-hydrogen) atoms. The number of carbonyl (C=O) groups is 2. The number of benzene rings is 1. The van der Waals surface area contributed by atoms with Crippen LogP contribution in [0.3, 0.4) is 0 Å². The fourth-order valence-electron chi connectivity index (χ4n) is 2.27. The monoisotopic (exact) mass is 372 g/mol. The largest absolute Gasteiger partial charge is 0.382 e. The molecule has 1 aromatic rings. The number of aliphatic hydroxyl groups excluding tert-OH is 1. The number of unbranched alkanes of at least 4 members (excludes halogenated alkanes) is 1. The molecule has 3 atom stereocenters. The van der Waals surface area contributed by atoms with Crippen molar-refractivity contribution >= 4 is 24.3 Å². The lowest BCUT2D eigenvalue weighted by atomic mass is 10.0. The van der Waals surface area contributed by atoms with Crippen molar-refractivity contribution in [2.24, 2.45) is 5.73 Å². The molecule has 0 heterocycles. The van der Waals surface area contributed by atoms with Crippen molar-refractivity contribution in [3.05, 3.63) is 35.9 Å². The number of hydrogen-bond acceptors (Lipinski definition) is 4. The van der Waals surface area contributed by atoms with E-state index in [-0.39, 0.29) is 24.5 Å². The Morgan fingerprint density at radius 1 is 1.20 bits per heavy atom. The molecule has 0 spiro atoms. The maximum Gasteiger partial charge on any atom is 0.314 e. The Bertz CT molecular complexity index is 516. The van der Waals surface area contributed by atoms with Crippen molar-refractivity contribution in [1.29, 1.82) is 0 Å². The van der Waals surface area contributed by atoms with E-state index in [1.54, 1.807) is 7.05 Å². The highest BCUT2D eigenvalue weighted by molar-refractivity contribution is 5.85. The van der Waals surface area contributed by atoms with Gasteiger partial charge in [-0.05, 0) is 25.3 Å². The van der Waals surface area contributed by atoms with Crippen LogP contribution >= 0.6 is 12.4 Å². The highest BCUT2D eigenvalue weighted by Gasteiger charge is 2.23. The van der Waals surface area contributed by atoms with E-state index in [1.807, 2.05) is 37.3 Å². The Morgan fingerprint density at radius 2 is 1.84 bits per heavy atom. The molecule has 0 unspecified atom stereocenters. The Labute approximate surface area is 155 Å². The van der Waals surface area contributed by atoms with Crippen molar-refractivity contribution in [3.63, 3.8) is 0 Å². The number of urea groups is 1. The third-order valence-electron chi connectivity index (χ3n) is 3.81. The zero-order chi connectivity index (χ0) is 17.9. The second-order valence-corrected chi connectivity index (χ2v) is 5.75. The lowest BCUT2D eigenvalue weighted by Crippen LogP contribution is -2.47. The number of aliphatic hydroxyl groups is 1. The van der Waals surface area contributed by atoms with Gasteiger partial charge in [0.1, 0.15) is 6.10 Å². The van der Waals surface area contributed by atoms with Gasteiger partial charge in [0.15, 0.2) is 0 Å². The molecule has 6 N–H and O–H groups in total. The number of rotatable bonds is 9. The molecular weight excluding hydrogens is 344 g/mol. The maximum atomic E-state index is 12.1. The summed E-state index contributed by atoms with van der Waals surface area (Å²) in [5.74, 6) is -0.470. The first-order chi connectivity index (χ1) is 11.5. The van der Waals surface area contributed by atoms with E-state index < -0.39 is 18.1 Å². The molecule has 0 aliphatic heterocycles. The van der Waals surface area contributed by atoms with Crippen LogP contribution in [0.1, 0.15) is 37.8 Å². The van der Waals surface area contributed by atoms with Gasteiger partial charge >= 0.3 is 6.03 Å². The predicted molar refractivity (Wildman–Crippen MR) is 101 cm³/mol. The van der Waals surface area contributed by atoms with Gasteiger partial charge in [0.05, 0.1) is 6.04 Å². The molecule has 0 saturated heterocycles. The van der Waals surface area contributed by atoms with Crippen LogP contribution in [0.15, 0.2) is 30.3 Å². The van der Waals surface area contributed by atoms with Crippen molar-refractivity contribution in [2.45, 2.75) is 44.4 Å². The third-order valence-corrected chi connectivity index (χ3v) is 3.81. The van der Waals surface area contributed by atoms with Crippen LogP contribution < -0.4 is 21.7 Å². The second kappa shape index (κ2) is 12.5. The number of halogens is 1. The van der Waals surface area contributed by atoms with E-state index in [1.165, 1.54) is 0 Å². The Balaban J connectivity index is 0.00000576. The first-order valence-electron chi connectivity index (χ1n) is 8.20. The smallest absolute Gasteiger partial charge is 0.314 e. The van der Waals surface area contributed by atoms with E-state index in [0.29, 0.717) is 19.4 Å². The molecule has 3 amide bonds. The van der Waals surface area contributed by atoms with E-state index in [2.05, 4.69) is 16.0 Å². The van der Waals surface area contributed by atoms with Crippen LogP contribution in [0.2, 0.25) is 0 Å². The predicted octanol–water partition coefficient (Wildman–Crippen LogP) is 1.07. The Kier molecular flexibility index (Phi) is 11.6. The molecule has 1 rings (SSSR count). The number of nitrogens with one attached hydrogen (secondary N) is 3. The fourth-order valence-corrected chi connectivity index (χ4v) is 2.27. The lowest BCUT2D eigenvalue weighted by Gasteiger charge is -2.21. The third kappa shape index (κ3) is 8.72. The van der Waals surface area contributed by atoms with Crippen LogP contribution in [-0.4, -0.2) is 42.8 Å². The van der Waals surface area contributed by atoms with Gasteiger partial charge in [0, 0.05) is 19.6 Å². The Morgan fingerprint density at radius 3 is 2.44 bits per heavy atom. The summed E-state index contributed by atoms with van der Waals surface area (Å²) >= 11 is 0. The van der Waals surface area contributed by atoms with Crippen LogP contribution in [-0.2, 0) is 4.79 Å². The quantitative estimate of drug-likeness (QED) is 0.417. The van der Waals surface area contributed by atoms with Crippen LogP contribution in [0.4, 0.5) is 4.79 Å². The topological polar surface area (TPSA) is 116 Å². The number of nitrogens with two attached hydrogens (primary N) is 1. The molecule has 7 nitrogen and oxygen atoms in total. The van der Waals surface area contributed by atoms with E-state index in [4.69, 9.17) is 5.73 Å². The molecule has 0 aliphatic carbocycles. The molecule has 0 saturated carbocycles. The summed E-state index contributed by atoms with van der Waals surface area (Å²) in [4.78, 5) is 23.1. The van der Waals surface area contributed by atoms with Gasteiger partial charge in [0.25, 0.3) is 5.91 Å². The van der Waals surface area contributed by atoms with Crippen molar-refractivity contribution in [2.75, 3.05) is 13.6 Å². The molecule has 0 radical (unpaired) electrons. The molecule has 0 bridgehead atoms. The van der Waals surface area contributed by atoms with Gasteiger partial charge < -0.3 is 26.8 Å². The first-order valence-corrected chi connectivity index (χ1v) is 8.20. The molecule has 142 valence electrons. The standard InChI is InChI=1S/C17H28N4O3.ClH/c1-12(13-8-4-3-5-9-13)21-16(23)15(22)14(18)10-6-7-11-20-17(24)19-2;/h3-5,8-9,12,14-15,22H,6-7,10-11,18H2,1-2H3,(H,21,23)(H2,19,20,24);1H/t12-,14+,15+;/m1./s1. The highest BCUT2D eigenvalue weighted by atomic mass is 35.5. The van der Waals surface area contributed by atoms with Crippen LogP contribution in [0, 0.1) is 0 Å². The minimum absolute atomic E-state index is 0. The summed E-state index contributed by atoms with van der Waals surface area (Å²) in [7, 11) is 1.55. The van der Waals surface area contributed by atoms with E-state index >= 15 is 0 Å². The molecule has 1 aromatic carbocycles. The van der Waals surface area contributed by atoms with Gasteiger partial charge in [-0.1, -0.05) is 36.8 Å². The zero-order valence-corrected chi connectivity index (χ0v) is 15.5. The van der Waals surface area contributed by atoms with Crippen molar-refractivity contribution < 1.29 is 14.7 Å². The zero-order valence-electron chi connectivity index (χ0n) is 14.7. The van der Waals surface area contributed by atoms with Gasteiger partial charge in [0.2, 0.25) is 0 Å². The number of carbonyl (C=O) groups excluding carboxylic acids is 2. The van der Waals surface area contributed by atoms with Gasteiger partial charge in [-0.2, -0.15) is 0 Å². The van der Waals surface area contributed by atoms with Crippen LogP contribution in [0.5, 0.6) is 0 Å². The normalized spacial score (nSPS) is 13.8. The molecular formula is C17H29ClN4O3. The summed E-state index contributed by atoms with van der Waals surface area (Å²) in [5.41, 5.74) is 6.85. The van der Waals surface area contributed by atoms with Gasteiger partial charge in [-0.25, -0.2) is 4.79 Å². The molecule has 8 heteroatoms. The summed E-state index contributed by atoms with van der Waals surface area (Å²) in [5, 5.41) is 17.9. The second-order valence-electron chi connectivity index (χ2n) is 5.75. The first kappa shape index (κ1) is 23.2. The summed E-state index contributed by atoms with van der Waals surface area (Å²) < 4.78 is 0. The minimum Gasteiger partial charge on any atom is -0.382 e. The average Bonchev–Trinajstić information content (AvgIpc) is 2.60. The summed E-state index contributed by atoms with van der Waals surface area (Å²) in [6.07, 6.45) is 0.701. The van der Waals surface area contributed by atoms with Crippen LogP contribution in [0.25, 0.3) is 0 Å². The van der Waals surface area contributed by atoms with Gasteiger partial charge in [-0.15, -0.1) is 12.4 Å². The van der Waals surface area contributed by atoms with Crippen molar-refractivity contribution in [1.82, 2.24) is 16.0 Å². The minimum atomic E-state index is -1.25. The average molecular weight is 373 g/mol. The Hall–Kier alpha value is -1.83. The molecule has 0 aliphatic rings. The summed E-state index contributed by atoms with van der Waals surface area (Å²) in [6.45, 7) is 2.38.